The van der Waals surface area contributed by atoms with Crippen molar-refractivity contribution in [3.8, 4) is 11.1 Å². The van der Waals surface area contributed by atoms with Gasteiger partial charge in [-0.15, -0.1) is 0 Å². The Kier molecular flexibility index (Phi) is 6.44. The minimum atomic E-state index is -0.397. The summed E-state index contributed by atoms with van der Waals surface area (Å²) in [5.74, 6) is -0.501. The summed E-state index contributed by atoms with van der Waals surface area (Å²) in [7, 11) is 0. The van der Waals surface area contributed by atoms with Crippen molar-refractivity contribution in [1.29, 1.82) is 0 Å². The number of carbonyl (C=O) groups is 1. The first-order valence-corrected chi connectivity index (χ1v) is 10.4. The van der Waals surface area contributed by atoms with Gasteiger partial charge in [0, 0.05) is 23.7 Å². The number of benzene rings is 4. The molecular formula is C27H21ClFNO. The van der Waals surface area contributed by atoms with Gasteiger partial charge < -0.3 is 4.90 Å². The van der Waals surface area contributed by atoms with Gasteiger partial charge in [-0.1, -0.05) is 90.5 Å². The van der Waals surface area contributed by atoms with Crippen molar-refractivity contribution < 1.29 is 9.18 Å². The number of nitrogens with zero attached hydrogens (tertiary/aromatic N) is 1. The van der Waals surface area contributed by atoms with Crippen molar-refractivity contribution in [1.82, 2.24) is 4.90 Å². The predicted molar refractivity (Wildman–Crippen MR) is 123 cm³/mol. The Morgan fingerprint density at radius 2 is 1.35 bits per heavy atom. The van der Waals surface area contributed by atoms with Crippen LogP contribution in [0.25, 0.3) is 11.1 Å². The van der Waals surface area contributed by atoms with E-state index in [1.54, 1.807) is 23.1 Å². The molecule has 1 amide bonds. The van der Waals surface area contributed by atoms with E-state index in [2.05, 4.69) is 24.3 Å². The molecule has 0 aromatic heterocycles. The van der Waals surface area contributed by atoms with Crippen LogP contribution in [0.3, 0.4) is 0 Å². The maximum atomic E-state index is 13.5. The Morgan fingerprint density at radius 1 is 0.742 bits per heavy atom. The summed E-state index contributed by atoms with van der Waals surface area (Å²) in [6, 6.07) is 31.7. The molecule has 0 bridgehead atoms. The van der Waals surface area contributed by atoms with Gasteiger partial charge in [0.05, 0.1) is 0 Å². The highest BCUT2D eigenvalue weighted by molar-refractivity contribution is 6.31. The van der Waals surface area contributed by atoms with Crippen LogP contribution in [-0.4, -0.2) is 10.8 Å². The van der Waals surface area contributed by atoms with E-state index in [0.717, 1.165) is 16.7 Å². The van der Waals surface area contributed by atoms with Gasteiger partial charge in [0.15, 0.2) is 0 Å². The summed E-state index contributed by atoms with van der Waals surface area (Å²) in [5, 5.41) is 0.310. The van der Waals surface area contributed by atoms with Crippen LogP contribution >= 0.6 is 11.6 Å². The highest BCUT2D eigenvalue weighted by atomic mass is 35.5. The van der Waals surface area contributed by atoms with E-state index in [1.165, 1.54) is 12.1 Å². The monoisotopic (exact) mass is 429 g/mol. The minimum absolute atomic E-state index is 0.104. The van der Waals surface area contributed by atoms with Gasteiger partial charge in [-0.2, -0.15) is 0 Å². The fourth-order valence-electron chi connectivity index (χ4n) is 3.47. The van der Waals surface area contributed by atoms with Crippen molar-refractivity contribution in [3.63, 3.8) is 0 Å². The number of rotatable bonds is 6. The average Bonchev–Trinajstić information content (AvgIpc) is 2.81. The molecule has 0 aliphatic carbocycles. The van der Waals surface area contributed by atoms with E-state index in [1.807, 2.05) is 48.5 Å². The maximum absolute atomic E-state index is 13.5. The third-order valence-corrected chi connectivity index (χ3v) is 5.47. The lowest BCUT2D eigenvalue weighted by atomic mass is 10.0. The zero-order valence-corrected chi connectivity index (χ0v) is 17.6. The zero-order valence-electron chi connectivity index (χ0n) is 16.8. The van der Waals surface area contributed by atoms with Crippen LogP contribution in [0.5, 0.6) is 0 Å². The molecule has 0 unspecified atom stereocenters. The number of hydrogen-bond donors (Lipinski definition) is 0. The summed E-state index contributed by atoms with van der Waals surface area (Å²) >= 11 is 6.24. The van der Waals surface area contributed by atoms with Crippen LogP contribution in [0.4, 0.5) is 4.39 Å². The van der Waals surface area contributed by atoms with Crippen LogP contribution in [-0.2, 0) is 13.1 Å². The standard InChI is InChI=1S/C27H21ClFNO/c28-26-17-25(29)16-15-24(26)19-30(27(31)23-9-5-2-6-10-23)18-20-11-13-22(14-12-20)21-7-3-1-4-8-21/h1-17H,18-19H2. The first-order chi connectivity index (χ1) is 15.1. The molecule has 4 heteroatoms. The summed E-state index contributed by atoms with van der Waals surface area (Å²) in [5.41, 5.74) is 4.56. The SMILES string of the molecule is O=C(c1ccccc1)N(Cc1ccc(-c2ccccc2)cc1)Cc1ccc(F)cc1Cl. The van der Waals surface area contributed by atoms with Crippen LogP contribution in [0.2, 0.25) is 5.02 Å². The Balaban J connectivity index is 1.60. The molecule has 0 heterocycles. The van der Waals surface area contributed by atoms with E-state index >= 15 is 0 Å². The van der Waals surface area contributed by atoms with Crippen molar-refractivity contribution in [3.05, 3.63) is 131 Å². The van der Waals surface area contributed by atoms with Gasteiger partial charge in [0.2, 0.25) is 0 Å². The van der Waals surface area contributed by atoms with E-state index in [0.29, 0.717) is 22.7 Å². The summed E-state index contributed by atoms with van der Waals surface area (Å²) < 4.78 is 13.5. The summed E-state index contributed by atoms with van der Waals surface area (Å²) in [6.45, 7) is 0.698. The first kappa shape index (κ1) is 20.8. The third-order valence-electron chi connectivity index (χ3n) is 5.12. The lowest BCUT2D eigenvalue weighted by Crippen LogP contribution is -2.30. The molecule has 0 spiro atoms. The second-order valence-electron chi connectivity index (χ2n) is 7.33. The Labute approximate surface area is 186 Å². The molecule has 0 aliphatic heterocycles. The number of carbonyl (C=O) groups excluding carboxylic acids is 1. The molecule has 0 aliphatic rings. The lowest BCUT2D eigenvalue weighted by molar-refractivity contribution is 0.0730. The highest BCUT2D eigenvalue weighted by Crippen LogP contribution is 2.23. The summed E-state index contributed by atoms with van der Waals surface area (Å²) in [6.07, 6.45) is 0. The second kappa shape index (κ2) is 9.59. The molecule has 0 radical (unpaired) electrons. The normalized spacial score (nSPS) is 10.6. The number of amides is 1. The van der Waals surface area contributed by atoms with Crippen LogP contribution in [0.1, 0.15) is 21.5 Å². The van der Waals surface area contributed by atoms with Crippen molar-refractivity contribution in [2.24, 2.45) is 0 Å². The van der Waals surface area contributed by atoms with E-state index in [9.17, 15) is 9.18 Å². The van der Waals surface area contributed by atoms with E-state index in [4.69, 9.17) is 11.6 Å². The molecular weight excluding hydrogens is 409 g/mol. The van der Waals surface area contributed by atoms with E-state index in [-0.39, 0.29) is 12.5 Å². The quantitative estimate of drug-likeness (QED) is 0.323. The number of hydrogen-bond acceptors (Lipinski definition) is 1. The maximum Gasteiger partial charge on any atom is 0.254 e. The molecule has 0 fully saturated rings. The van der Waals surface area contributed by atoms with Gasteiger partial charge in [-0.25, -0.2) is 4.39 Å². The molecule has 0 atom stereocenters. The van der Waals surface area contributed by atoms with Gasteiger partial charge in [0.1, 0.15) is 5.82 Å². The van der Waals surface area contributed by atoms with Gasteiger partial charge >= 0.3 is 0 Å². The number of halogens is 2. The van der Waals surface area contributed by atoms with Gasteiger partial charge in [0.25, 0.3) is 5.91 Å². The lowest BCUT2D eigenvalue weighted by Gasteiger charge is -2.24. The minimum Gasteiger partial charge on any atom is -0.330 e. The first-order valence-electron chi connectivity index (χ1n) is 10.0. The second-order valence-corrected chi connectivity index (χ2v) is 7.73. The molecule has 0 saturated carbocycles. The Bertz CT molecular complexity index is 1160. The molecule has 4 rings (SSSR count). The van der Waals surface area contributed by atoms with Crippen molar-refractivity contribution >= 4 is 17.5 Å². The highest BCUT2D eigenvalue weighted by Gasteiger charge is 2.18. The molecule has 4 aromatic rings. The molecule has 2 nitrogen and oxygen atoms in total. The molecule has 4 aromatic carbocycles. The molecule has 0 saturated heterocycles. The van der Waals surface area contributed by atoms with Gasteiger partial charge in [-0.05, 0) is 46.5 Å². The average molecular weight is 430 g/mol. The Hall–Kier alpha value is -3.43. The fourth-order valence-corrected chi connectivity index (χ4v) is 3.70. The van der Waals surface area contributed by atoms with Gasteiger partial charge in [-0.3, -0.25) is 4.79 Å². The molecule has 31 heavy (non-hydrogen) atoms. The third kappa shape index (κ3) is 5.19. The Morgan fingerprint density at radius 3 is 2.00 bits per heavy atom. The topological polar surface area (TPSA) is 20.3 Å². The molecule has 0 N–H and O–H groups in total. The summed E-state index contributed by atoms with van der Waals surface area (Å²) in [4.78, 5) is 15.0. The fraction of sp³-hybridized carbons (Fsp3) is 0.0741. The van der Waals surface area contributed by atoms with Crippen molar-refractivity contribution in [2.45, 2.75) is 13.1 Å². The van der Waals surface area contributed by atoms with E-state index < -0.39 is 5.82 Å². The molecule has 154 valence electrons. The largest absolute Gasteiger partial charge is 0.330 e. The van der Waals surface area contributed by atoms with Crippen LogP contribution in [0.15, 0.2) is 103 Å². The zero-order chi connectivity index (χ0) is 21.6. The smallest absolute Gasteiger partial charge is 0.254 e. The van der Waals surface area contributed by atoms with Crippen LogP contribution in [0, 0.1) is 5.82 Å². The van der Waals surface area contributed by atoms with Crippen LogP contribution < -0.4 is 0 Å². The predicted octanol–water partition coefficient (Wildman–Crippen LogP) is 6.99. The van der Waals surface area contributed by atoms with Crippen molar-refractivity contribution in [2.75, 3.05) is 0 Å².